The van der Waals surface area contributed by atoms with Crippen molar-refractivity contribution in [1.29, 1.82) is 0 Å². The lowest BCUT2D eigenvalue weighted by Crippen LogP contribution is -1.96. The third-order valence-electron chi connectivity index (χ3n) is 2.38. The Hall–Kier alpha value is -1.56. The SMILES string of the molecule is O=C(O)c1cc(I)ccc1O.O=C(O)c1cc(I)ccc1O. The molecule has 0 fully saturated rings. The average Bonchev–Trinajstić information content (AvgIpc) is 2.44. The first-order valence-corrected chi connectivity index (χ1v) is 7.81. The van der Waals surface area contributed by atoms with Crippen LogP contribution in [0.4, 0.5) is 0 Å². The molecular formula is C14H10I2O6. The predicted molar refractivity (Wildman–Crippen MR) is 95.6 cm³/mol. The summed E-state index contributed by atoms with van der Waals surface area (Å²) in [4.78, 5) is 20.8. The van der Waals surface area contributed by atoms with Gasteiger partial charge in [-0.3, -0.25) is 0 Å². The van der Waals surface area contributed by atoms with Crippen molar-refractivity contribution in [3.05, 3.63) is 54.7 Å². The quantitative estimate of drug-likeness (QED) is 0.445. The third kappa shape index (κ3) is 5.33. The van der Waals surface area contributed by atoms with E-state index in [-0.39, 0.29) is 22.6 Å². The van der Waals surface area contributed by atoms with E-state index in [9.17, 15) is 9.59 Å². The summed E-state index contributed by atoms with van der Waals surface area (Å²) in [6.45, 7) is 0. The molecule has 0 unspecified atom stereocenters. The van der Waals surface area contributed by atoms with Gasteiger partial charge in [-0.15, -0.1) is 0 Å². The zero-order chi connectivity index (χ0) is 16.9. The first-order chi connectivity index (χ1) is 10.2. The lowest BCUT2D eigenvalue weighted by molar-refractivity contribution is 0.0682. The van der Waals surface area contributed by atoms with Gasteiger partial charge in [0.15, 0.2) is 0 Å². The van der Waals surface area contributed by atoms with E-state index >= 15 is 0 Å². The first kappa shape index (κ1) is 18.5. The van der Waals surface area contributed by atoms with E-state index in [1.54, 1.807) is 12.1 Å². The Labute approximate surface area is 152 Å². The zero-order valence-corrected chi connectivity index (χ0v) is 15.1. The molecule has 0 spiro atoms. The van der Waals surface area contributed by atoms with Gasteiger partial charge in [0.1, 0.15) is 22.6 Å². The minimum absolute atomic E-state index is 0.0584. The Morgan fingerprint density at radius 1 is 0.727 bits per heavy atom. The molecule has 2 rings (SSSR count). The van der Waals surface area contributed by atoms with Crippen LogP contribution in [0.15, 0.2) is 36.4 Å². The highest BCUT2D eigenvalue weighted by Crippen LogP contribution is 2.19. The second-order valence-electron chi connectivity index (χ2n) is 3.93. The molecule has 0 aliphatic carbocycles. The number of carbonyl (C=O) groups is 2. The van der Waals surface area contributed by atoms with Gasteiger partial charge in [-0.1, -0.05) is 0 Å². The van der Waals surface area contributed by atoms with Crippen LogP contribution in [0.5, 0.6) is 11.5 Å². The summed E-state index contributed by atoms with van der Waals surface area (Å²) in [6, 6.07) is 8.84. The molecule has 22 heavy (non-hydrogen) atoms. The molecule has 0 radical (unpaired) electrons. The van der Waals surface area contributed by atoms with Crippen molar-refractivity contribution in [3.63, 3.8) is 0 Å². The lowest BCUT2D eigenvalue weighted by atomic mass is 10.2. The van der Waals surface area contributed by atoms with E-state index in [2.05, 4.69) is 0 Å². The van der Waals surface area contributed by atoms with Crippen LogP contribution >= 0.6 is 45.2 Å². The highest BCUT2D eigenvalue weighted by Gasteiger charge is 2.09. The molecule has 2 aromatic rings. The van der Waals surface area contributed by atoms with Crippen LogP contribution in [-0.4, -0.2) is 32.4 Å². The van der Waals surface area contributed by atoms with Crippen molar-refractivity contribution < 1.29 is 30.0 Å². The van der Waals surface area contributed by atoms with Crippen LogP contribution in [0.3, 0.4) is 0 Å². The van der Waals surface area contributed by atoms with E-state index < -0.39 is 11.9 Å². The Balaban J connectivity index is 0.000000220. The van der Waals surface area contributed by atoms with E-state index in [0.29, 0.717) is 0 Å². The number of benzene rings is 2. The molecule has 0 bridgehead atoms. The Bertz CT molecular complexity index is 653. The first-order valence-electron chi connectivity index (χ1n) is 5.66. The van der Waals surface area contributed by atoms with Crippen molar-refractivity contribution in [2.45, 2.75) is 0 Å². The van der Waals surface area contributed by atoms with Gasteiger partial charge >= 0.3 is 11.9 Å². The molecule has 6 nitrogen and oxygen atoms in total. The topological polar surface area (TPSA) is 115 Å². The summed E-state index contributed by atoms with van der Waals surface area (Å²) >= 11 is 3.96. The Morgan fingerprint density at radius 2 is 1.05 bits per heavy atom. The summed E-state index contributed by atoms with van der Waals surface area (Å²) < 4.78 is 1.58. The normalized spacial score (nSPS) is 9.55. The molecular weight excluding hydrogens is 518 g/mol. The van der Waals surface area contributed by atoms with Gasteiger partial charge in [0.2, 0.25) is 0 Å². The number of carboxylic acid groups (broad SMARTS) is 2. The largest absolute Gasteiger partial charge is 0.507 e. The highest BCUT2D eigenvalue weighted by molar-refractivity contribution is 14.1. The zero-order valence-electron chi connectivity index (χ0n) is 10.8. The Kier molecular flexibility index (Phi) is 6.87. The van der Waals surface area contributed by atoms with Gasteiger partial charge in [-0.25, -0.2) is 9.59 Å². The van der Waals surface area contributed by atoms with Crippen molar-refractivity contribution in [3.8, 4) is 11.5 Å². The number of hydrogen-bond acceptors (Lipinski definition) is 4. The molecule has 0 saturated carbocycles. The van der Waals surface area contributed by atoms with Crippen LogP contribution in [-0.2, 0) is 0 Å². The molecule has 2 aromatic carbocycles. The van der Waals surface area contributed by atoms with E-state index in [0.717, 1.165) is 7.14 Å². The second-order valence-corrected chi connectivity index (χ2v) is 6.42. The van der Waals surface area contributed by atoms with E-state index in [4.69, 9.17) is 20.4 Å². The number of carboxylic acids is 2. The second kappa shape index (κ2) is 8.17. The number of aromatic hydroxyl groups is 2. The van der Waals surface area contributed by atoms with Crippen LogP contribution in [0, 0.1) is 7.14 Å². The number of phenols is 2. The molecule has 8 heteroatoms. The molecule has 4 N–H and O–H groups in total. The van der Waals surface area contributed by atoms with Gasteiger partial charge in [0.25, 0.3) is 0 Å². The van der Waals surface area contributed by atoms with Crippen LogP contribution in [0.1, 0.15) is 20.7 Å². The molecule has 0 amide bonds. The molecule has 0 heterocycles. The number of aromatic carboxylic acids is 2. The van der Waals surface area contributed by atoms with Crippen molar-refractivity contribution >= 4 is 57.1 Å². The van der Waals surface area contributed by atoms with Gasteiger partial charge in [0, 0.05) is 7.14 Å². The predicted octanol–water partition coefficient (Wildman–Crippen LogP) is 3.39. The fourth-order valence-electron chi connectivity index (χ4n) is 1.36. The van der Waals surface area contributed by atoms with E-state index in [1.165, 1.54) is 24.3 Å². The lowest BCUT2D eigenvalue weighted by Gasteiger charge is -1.98. The molecule has 0 aromatic heterocycles. The fraction of sp³-hybridized carbons (Fsp3) is 0. The number of halogens is 2. The minimum Gasteiger partial charge on any atom is -0.507 e. The molecule has 0 aliphatic rings. The third-order valence-corrected chi connectivity index (χ3v) is 3.72. The maximum absolute atomic E-state index is 10.4. The standard InChI is InChI=1S/2C7H5IO3/c2*8-4-1-2-6(9)5(3-4)7(10)11/h2*1-3,9H,(H,10,11). The van der Waals surface area contributed by atoms with Crippen LogP contribution in [0.25, 0.3) is 0 Å². The van der Waals surface area contributed by atoms with Crippen LogP contribution < -0.4 is 0 Å². The number of hydrogen-bond donors (Lipinski definition) is 4. The van der Waals surface area contributed by atoms with Gasteiger partial charge in [-0.05, 0) is 81.6 Å². The smallest absolute Gasteiger partial charge is 0.339 e. The highest BCUT2D eigenvalue weighted by atomic mass is 127. The summed E-state index contributed by atoms with van der Waals surface area (Å²) in [5.41, 5.74) is -0.117. The summed E-state index contributed by atoms with van der Waals surface area (Å²) in [7, 11) is 0. The van der Waals surface area contributed by atoms with Crippen molar-refractivity contribution in [2.75, 3.05) is 0 Å². The minimum atomic E-state index is -1.11. The monoisotopic (exact) mass is 528 g/mol. The molecule has 0 atom stereocenters. The van der Waals surface area contributed by atoms with Gasteiger partial charge < -0.3 is 20.4 Å². The Morgan fingerprint density at radius 3 is 1.27 bits per heavy atom. The molecule has 116 valence electrons. The van der Waals surface area contributed by atoms with Crippen molar-refractivity contribution in [1.82, 2.24) is 0 Å². The fourth-order valence-corrected chi connectivity index (χ4v) is 2.34. The number of rotatable bonds is 2. The van der Waals surface area contributed by atoms with Gasteiger partial charge in [-0.2, -0.15) is 0 Å². The van der Waals surface area contributed by atoms with E-state index in [1.807, 2.05) is 45.2 Å². The maximum atomic E-state index is 10.4. The summed E-state index contributed by atoms with van der Waals surface area (Å²) in [6.07, 6.45) is 0. The van der Waals surface area contributed by atoms with Gasteiger partial charge in [0.05, 0.1) is 0 Å². The maximum Gasteiger partial charge on any atom is 0.339 e. The molecule has 0 aliphatic heterocycles. The molecule has 0 saturated heterocycles. The average molecular weight is 528 g/mol. The summed E-state index contributed by atoms with van der Waals surface area (Å²) in [5.74, 6) is -2.61. The van der Waals surface area contributed by atoms with Crippen molar-refractivity contribution in [2.24, 2.45) is 0 Å². The van der Waals surface area contributed by atoms with Crippen LogP contribution in [0.2, 0.25) is 0 Å². The summed E-state index contributed by atoms with van der Waals surface area (Å²) in [5, 5.41) is 35.1.